The summed E-state index contributed by atoms with van der Waals surface area (Å²) < 4.78 is 3.81. The Balaban J connectivity index is 2.71. The van der Waals surface area contributed by atoms with Gasteiger partial charge in [-0.15, -0.1) is 0 Å². The van der Waals surface area contributed by atoms with Gasteiger partial charge in [0.05, 0.1) is 18.3 Å². The largest absolute Gasteiger partial charge is 0.394 e. The highest BCUT2D eigenvalue weighted by atomic mass is 127. The Morgan fingerprint density at radius 2 is 1.67 bits per heavy atom. The highest BCUT2D eigenvalue weighted by molar-refractivity contribution is 14.1. The van der Waals surface area contributed by atoms with E-state index in [1.54, 1.807) is 0 Å². The van der Waals surface area contributed by atoms with Crippen LogP contribution in [0.5, 0.6) is 0 Å². The first-order valence-electron chi connectivity index (χ1n) is 6.80. The molecule has 0 heterocycles. The summed E-state index contributed by atoms with van der Waals surface area (Å²) in [7, 11) is 0. The van der Waals surface area contributed by atoms with Crippen molar-refractivity contribution in [3.05, 3.63) is 49.7 Å². The van der Waals surface area contributed by atoms with Crippen LogP contribution < -0.4 is 5.73 Å². The van der Waals surface area contributed by atoms with Gasteiger partial charge in [-0.05, 0) is 131 Å². The van der Waals surface area contributed by atoms with E-state index in [1.165, 1.54) is 0 Å². The SMILES string of the molecule is NC(=O)c1c(-c2cc(I)cc(I)c2)cc(I)c(CC(O)CO)c1I. The zero-order valence-electron chi connectivity index (χ0n) is 12.2. The van der Waals surface area contributed by atoms with Crippen LogP contribution >= 0.6 is 90.4 Å². The molecule has 0 radical (unpaired) electrons. The number of halogens is 4. The number of rotatable bonds is 5. The molecule has 0 saturated carbocycles. The van der Waals surface area contributed by atoms with E-state index in [2.05, 4.69) is 96.4 Å². The second-order valence-corrected chi connectivity index (χ2v) is 9.87. The van der Waals surface area contributed by atoms with E-state index in [1.807, 2.05) is 18.2 Å². The van der Waals surface area contributed by atoms with Crippen LogP contribution in [0.25, 0.3) is 11.1 Å². The van der Waals surface area contributed by atoms with Crippen LogP contribution in [0.15, 0.2) is 24.3 Å². The van der Waals surface area contributed by atoms with Crippen molar-refractivity contribution in [2.45, 2.75) is 12.5 Å². The smallest absolute Gasteiger partial charge is 0.250 e. The second-order valence-electron chi connectivity index (χ2n) is 5.14. The van der Waals surface area contributed by atoms with Crippen LogP contribution in [0.1, 0.15) is 15.9 Å². The number of aliphatic hydroxyl groups is 2. The minimum atomic E-state index is -0.864. The first kappa shape index (κ1) is 21.1. The van der Waals surface area contributed by atoms with Crippen molar-refractivity contribution in [3.8, 4) is 11.1 Å². The lowest BCUT2D eigenvalue weighted by Crippen LogP contribution is -2.20. The lowest BCUT2D eigenvalue weighted by molar-refractivity contribution is 0.0949. The third-order valence-electron chi connectivity index (χ3n) is 3.38. The monoisotopic (exact) mass is 775 g/mol. The molecule has 1 unspecified atom stereocenters. The van der Waals surface area contributed by atoms with E-state index in [4.69, 9.17) is 10.8 Å². The average molecular weight is 775 g/mol. The van der Waals surface area contributed by atoms with E-state index in [-0.39, 0.29) is 13.0 Å². The van der Waals surface area contributed by atoms with Crippen molar-refractivity contribution in [1.29, 1.82) is 0 Å². The molecular weight excluding hydrogens is 762 g/mol. The van der Waals surface area contributed by atoms with Crippen molar-refractivity contribution in [1.82, 2.24) is 0 Å². The molecular formula is C16H13I4NO3. The summed E-state index contributed by atoms with van der Waals surface area (Å²) in [5.74, 6) is -0.501. The molecule has 2 aromatic rings. The fraction of sp³-hybridized carbons (Fsp3) is 0.188. The van der Waals surface area contributed by atoms with E-state index < -0.39 is 12.0 Å². The molecule has 24 heavy (non-hydrogen) atoms. The van der Waals surface area contributed by atoms with Gasteiger partial charge in [0.25, 0.3) is 0 Å². The lowest BCUT2D eigenvalue weighted by atomic mass is 9.95. The van der Waals surface area contributed by atoms with Gasteiger partial charge in [0, 0.05) is 20.7 Å². The molecule has 0 aliphatic carbocycles. The molecule has 0 bridgehead atoms. The molecule has 2 aromatic carbocycles. The first-order valence-corrected chi connectivity index (χ1v) is 11.1. The number of hydrogen-bond donors (Lipinski definition) is 3. The molecule has 0 aromatic heterocycles. The minimum Gasteiger partial charge on any atom is -0.394 e. The van der Waals surface area contributed by atoms with Crippen LogP contribution in [0, 0.1) is 14.3 Å². The summed E-state index contributed by atoms with van der Waals surface area (Å²) in [6, 6.07) is 8.00. The number of carbonyl (C=O) groups excluding carboxylic acids is 1. The zero-order valence-corrected chi connectivity index (χ0v) is 20.8. The number of aliphatic hydroxyl groups excluding tert-OH is 2. The number of primary amides is 1. The van der Waals surface area contributed by atoms with Gasteiger partial charge in [0.15, 0.2) is 0 Å². The Hall–Kier alpha value is 0.750. The van der Waals surface area contributed by atoms with Crippen molar-refractivity contribution >= 4 is 96.3 Å². The van der Waals surface area contributed by atoms with Crippen LogP contribution in [-0.4, -0.2) is 28.8 Å². The van der Waals surface area contributed by atoms with E-state index in [9.17, 15) is 9.90 Å². The molecule has 2 rings (SSSR count). The number of nitrogens with two attached hydrogens (primary N) is 1. The van der Waals surface area contributed by atoms with Gasteiger partial charge in [-0.25, -0.2) is 0 Å². The topological polar surface area (TPSA) is 83.6 Å². The molecule has 1 atom stereocenters. The van der Waals surface area contributed by atoms with Crippen molar-refractivity contribution in [3.63, 3.8) is 0 Å². The summed E-state index contributed by atoms with van der Waals surface area (Å²) in [5, 5.41) is 18.9. The zero-order chi connectivity index (χ0) is 18.0. The average Bonchev–Trinajstić information content (AvgIpc) is 2.49. The highest BCUT2D eigenvalue weighted by Crippen LogP contribution is 2.34. The highest BCUT2D eigenvalue weighted by Gasteiger charge is 2.21. The molecule has 0 spiro atoms. The molecule has 4 nitrogen and oxygen atoms in total. The normalized spacial score (nSPS) is 12.2. The number of benzene rings is 2. The van der Waals surface area contributed by atoms with Gasteiger partial charge >= 0.3 is 0 Å². The molecule has 0 fully saturated rings. The summed E-state index contributed by atoms with van der Waals surface area (Å²) in [6.45, 7) is -0.325. The van der Waals surface area contributed by atoms with Gasteiger partial charge < -0.3 is 15.9 Å². The predicted octanol–water partition coefficient (Wildman–Crippen LogP) is 3.77. The Bertz CT molecular complexity index is 775. The number of amides is 1. The van der Waals surface area contributed by atoms with Crippen molar-refractivity contribution in [2.24, 2.45) is 5.73 Å². The summed E-state index contributed by atoms with van der Waals surface area (Å²) >= 11 is 8.78. The van der Waals surface area contributed by atoms with Gasteiger partial charge in [-0.2, -0.15) is 0 Å². The molecule has 1 amide bonds. The van der Waals surface area contributed by atoms with E-state index in [0.717, 1.165) is 31.0 Å². The van der Waals surface area contributed by atoms with Crippen LogP contribution in [0.3, 0.4) is 0 Å². The fourth-order valence-corrected chi connectivity index (χ4v) is 6.65. The molecule has 0 saturated heterocycles. The van der Waals surface area contributed by atoms with Crippen LogP contribution in [-0.2, 0) is 6.42 Å². The molecule has 128 valence electrons. The molecule has 0 aliphatic rings. The third-order valence-corrected chi connectivity index (χ3v) is 6.78. The lowest BCUT2D eigenvalue weighted by Gasteiger charge is -2.17. The maximum Gasteiger partial charge on any atom is 0.250 e. The fourth-order valence-electron chi connectivity index (χ4n) is 2.33. The Morgan fingerprint density at radius 3 is 2.17 bits per heavy atom. The van der Waals surface area contributed by atoms with Crippen LogP contribution in [0.4, 0.5) is 0 Å². The Labute approximate surface area is 194 Å². The van der Waals surface area contributed by atoms with Crippen molar-refractivity contribution < 1.29 is 15.0 Å². The second kappa shape index (κ2) is 9.10. The summed E-state index contributed by atoms with van der Waals surface area (Å²) in [4.78, 5) is 12.1. The van der Waals surface area contributed by atoms with Crippen LogP contribution in [0.2, 0.25) is 0 Å². The maximum absolute atomic E-state index is 12.1. The molecule has 4 N–H and O–H groups in total. The number of hydrogen-bond acceptors (Lipinski definition) is 3. The third kappa shape index (κ3) is 4.92. The predicted molar refractivity (Wildman–Crippen MR) is 128 cm³/mol. The quantitative estimate of drug-likeness (QED) is 0.405. The van der Waals surface area contributed by atoms with Gasteiger partial charge in [0.2, 0.25) is 5.91 Å². The number of carbonyl (C=O) groups is 1. The van der Waals surface area contributed by atoms with Gasteiger partial charge in [0.1, 0.15) is 0 Å². The standard InChI is InChI=1S/C16H13I4NO3/c17-8-1-7(2-9(18)3-8)11-5-13(19)12(4-10(23)6-22)15(20)14(11)16(21)24/h1-3,5,10,22-23H,4,6H2,(H2,21,24). The van der Waals surface area contributed by atoms with E-state index in [0.29, 0.717) is 5.56 Å². The minimum absolute atomic E-state index is 0.275. The van der Waals surface area contributed by atoms with Crippen molar-refractivity contribution in [2.75, 3.05) is 6.61 Å². The Morgan fingerprint density at radius 1 is 1.08 bits per heavy atom. The first-order chi connectivity index (χ1) is 11.2. The maximum atomic E-state index is 12.1. The van der Waals surface area contributed by atoms with Gasteiger partial charge in [-0.1, -0.05) is 0 Å². The summed E-state index contributed by atoms with van der Waals surface area (Å²) in [5.41, 5.74) is 8.65. The summed E-state index contributed by atoms with van der Waals surface area (Å²) in [6.07, 6.45) is -0.588. The molecule has 8 heteroatoms. The van der Waals surface area contributed by atoms with E-state index >= 15 is 0 Å². The Kier molecular flexibility index (Phi) is 7.98. The van der Waals surface area contributed by atoms with Gasteiger partial charge in [-0.3, -0.25) is 4.79 Å². The molecule has 0 aliphatic heterocycles.